The summed E-state index contributed by atoms with van der Waals surface area (Å²) >= 11 is 0. The minimum atomic E-state index is 0.0531. The molecule has 2 atom stereocenters. The lowest BCUT2D eigenvalue weighted by atomic mass is 10.1. The van der Waals surface area contributed by atoms with Gasteiger partial charge in [0.25, 0.3) is 0 Å². The average Bonchev–Trinajstić information content (AvgIpc) is 3.06. The number of unbranched alkanes of at least 4 members (excludes halogenated alkanes) is 1. The molecule has 0 bridgehead atoms. The molecule has 1 saturated carbocycles. The quantitative estimate of drug-likeness (QED) is 0.747. The van der Waals surface area contributed by atoms with E-state index in [1.54, 1.807) is 0 Å². The van der Waals surface area contributed by atoms with Gasteiger partial charge >= 0.3 is 0 Å². The second-order valence-corrected chi connectivity index (χ2v) is 6.82. The predicted molar refractivity (Wildman–Crippen MR) is 80.6 cm³/mol. The fourth-order valence-electron chi connectivity index (χ4n) is 3.27. The molecule has 4 heteroatoms. The molecule has 2 aliphatic rings. The predicted octanol–water partition coefficient (Wildman–Crippen LogP) is 1.99. The summed E-state index contributed by atoms with van der Waals surface area (Å²) in [4.78, 5) is 16.4. The second kappa shape index (κ2) is 6.44. The molecule has 4 nitrogen and oxygen atoms in total. The van der Waals surface area contributed by atoms with Crippen molar-refractivity contribution in [2.24, 2.45) is 11.8 Å². The number of carbonyl (C=O) groups excluding carboxylic acids is 1. The maximum absolute atomic E-state index is 12.0. The van der Waals surface area contributed by atoms with Crippen LogP contribution in [0.2, 0.25) is 0 Å². The Morgan fingerprint density at radius 2 is 2.25 bits per heavy atom. The smallest absolute Gasteiger partial charge is 0.224 e. The zero-order valence-electron chi connectivity index (χ0n) is 13.5. The second-order valence-electron chi connectivity index (χ2n) is 6.82. The number of nitrogens with zero attached hydrogens (tertiary/aromatic N) is 2. The maximum atomic E-state index is 12.0. The summed E-state index contributed by atoms with van der Waals surface area (Å²) in [6, 6.07) is 0. The van der Waals surface area contributed by atoms with E-state index in [9.17, 15) is 4.79 Å². The molecule has 20 heavy (non-hydrogen) atoms. The van der Waals surface area contributed by atoms with Crippen LogP contribution in [0.25, 0.3) is 0 Å². The molecule has 0 aromatic heterocycles. The fourth-order valence-corrected chi connectivity index (χ4v) is 3.27. The van der Waals surface area contributed by atoms with Gasteiger partial charge in [0, 0.05) is 38.5 Å². The summed E-state index contributed by atoms with van der Waals surface area (Å²) in [6.45, 7) is 11.2. The molecule has 0 aromatic rings. The van der Waals surface area contributed by atoms with Crippen molar-refractivity contribution in [3.63, 3.8) is 0 Å². The van der Waals surface area contributed by atoms with Gasteiger partial charge in [0.15, 0.2) is 0 Å². The molecule has 1 spiro atoms. The Morgan fingerprint density at radius 1 is 1.50 bits per heavy atom. The summed E-state index contributed by atoms with van der Waals surface area (Å²) in [5.74, 6) is 0.855. The van der Waals surface area contributed by atoms with Crippen molar-refractivity contribution in [2.45, 2.75) is 45.6 Å². The number of rotatable bonds is 6. The van der Waals surface area contributed by atoms with Crippen molar-refractivity contribution in [2.75, 3.05) is 39.8 Å². The third-order valence-corrected chi connectivity index (χ3v) is 4.66. The summed E-state index contributed by atoms with van der Waals surface area (Å²) in [5, 5.41) is 0. The molecule has 2 unspecified atom stereocenters. The van der Waals surface area contributed by atoms with Gasteiger partial charge in [-0.25, -0.2) is 0 Å². The standard InChI is InChI=1S/C16H30N2O2/c1-5-6-7-18-8-9-20-16(12-18)10-14(16)11-17(4)15(19)13(2)3/h13-14H,5-12H2,1-4H3. The number of amides is 1. The molecule has 1 aliphatic heterocycles. The van der Waals surface area contributed by atoms with Gasteiger partial charge in [0.1, 0.15) is 0 Å². The van der Waals surface area contributed by atoms with E-state index >= 15 is 0 Å². The molecular formula is C16H30N2O2. The van der Waals surface area contributed by atoms with Gasteiger partial charge in [-0.15, -0.1) is 0 Å². The fraction of sp³-hybridized carbons (Fsp3) is 0.938. The van der Waals surface area contributed by atoms with Crippen molar-refractivity contribution < 1.29 is 9.53 Å². The van der Waals surface area contributed by atoms with E-state index in [2.05, 4.69) is 11.8 Å². The highest BCUT2D eigenvalue weighted by Crippen LogP contribution is 2.49. The first-order valence-corrected chi connectivity index (χ1v) is 8.10. The van der Waals surface area contributed by atoms with E-state index in [1.165, 1.54) is 19.4 Å². The number of hydrogen-bond acceptors (Lipinski definition) is 3. The van der Waals surface area contributed by atoms with E-state index in [0.29, 0.717) is 5.92 Å². The lowest BCUT2D eigenvalue weighted by Gasteiger charge is -2.34. The Labute approximate surface area is 123 Å². The van der Waals surface area contributed by atoms with Crippen LogP contribution in [0.3, 0.4) is 0 Å². The van der Waals surface area contributed by atoms with E-state index < -0.39 is 0 Å². The summed E-state index contributed by atoms with van der Waals surface area (Å²) in [5.41, 5.74) is 0.0531. The van der Waals surface area contributed by atoms with Crippen LogP contribution in [0.5, 0.6) is 0 Å². The molecular weight excluding hydrogens is 252 g/mol. The topological polar surface area (TPSA) is 32.8 Å². The van der Waals surface area contributed by atoms with Crippen molar-refractivity contribution >= 4 is 5.91 Å². The summed E-state index contributed by atoms with van der Waals surface area (Å²) in [6.07, 6.45) is 3.64. The average molecular weight is 282 g/mol. The van der Waals surface area contributed by atoms with Crippen molar-refractivity contribution in [3.05, 3.63) is 0 Å². The Balaban J connectivity index is 1.81. The molecule has 2 fully saturated rings. The number of ether oxygens (including phenoxy) is 1. The Bertz CT molecular complexity index is 345. The Hall–Kier alpha value is -0.610. The van der Waals surface area contributed by atoms with Gasteiger partial charge in [-0.3, -0.25) is 9.69 Å². The Kier molecular flexibility index (Phi) is 5.08. The van der Waals surface area contributed by atoms with Crippen LogP contribution in [0.1, 0.15) is 40.0 Å². The normalized spacial score (nSPS) is 29.9. The highest BCUT2D eigenvalue weighted by molar-refractivity contribution is 5.77. The SMILES string of the molecule is CCCCN1CCOC2(CC2CN(C)C(=O)C(C)C)C1. The first kappa shape index (κ1) is 15.8. The summed E-state index contributed by atoms with van der Waals surface area (Å²) in [7, 11) is 1.92. The first-order valence-electron chi connectivity index (χ1n) is 8.10. The van der Waals surface area contributed by atoms with Crippen LogP contribution in [-0.2, 0) is 9.53 Å². The molecule has 1 heterocycles. The minimum absolute atomic E-state index is 0.0531. The third-order valence-electron chi connectivity index (χ3n) is 4.66. The highest BCUT2D eigenvalue weighted by atomic mass is 16.5. The number of morpholine rings is 1. The third kappa shape index (κ3) is 3.53. The molecule has 1 aliphatic carbocycles. The molecule has 2 rings (SSSR count). The van der Waals surface area contributed by atoms with Crippen LogP contribution in [0.15, 0.2) is 0 Å². The van der Waals surface area contributed by atoms with Gasteiger partial charge in [0.2, 0.25) is 5.91 Å². The van der Waals surface area contributed by atoms with E-state index in [1.807, 2.05) is 25.8 Å². The molecule has 0 N–H and O–H groups in total. The lowest BCUT2D eigenvalue weighted by molar-refractivity contribution is -0.133. The maximum Gasteiger partial charge on any atom is 0.224 e. The monoisotopic (exact) mass is 282 g/mol. The molecule has 1 amide bonds. The minimum Gasteiger partial charge on any atom is -0.372 e. The highest BCUT2D eigenvalue weighted by Gasteiger charge is 2.57. The molecule has 0 radical (unpaired) electrons. The van der Waals surface area contributed by atoms with E-state index in [-0.39, 0.29) is 17.4 Å². The number of hydrogen-bond donors (Lipinski definition) is 0. The van der Waals surface area contributed by atoms with Gasteiger partial charge in [-0.2, -0.15) is 0 Å². The number of carbonyl (C=O) groups is 1. The van der Waals surface area contributed by atoms with E-state index in [0.717, 1.165) is 32.7 Å². The van der Waals surface area contributed by atoms with Crippen LogP contribution < -0.4 is 0 Å². The molecule has 0 aromatic carbocycles. The van der Waals surface area contributed by atoms with Crippen molar-refractivity contribution in [1.82, 2.24) is 9.80 Å². The molecule has 1 saturated heterocycles. The van der Waals surface area contributed by atoms with Gasteiger partial charge in [-0.1, -0.05) is 27.2 Å². The largest absolute Gasteiger partial charge is 0.372 e. The van der Waals surface area contributed by atoms with Crippen molar-refractivity contribution in [1.29, 1.82) is 0 Å². The van der Waals surface area contributed by atoms with Crippen molar-refractivity contribution in [3.8, 4) is 0 Å². The van der Waals surface area contributed by atoms with E-state index in [4.69, 9.17) is 4.74 Å². The van der Waals surface area contributed by atoms with Gasteiger partial charge < -0.3 is 9.64 Å². The van der Waals surface area contributed by atoms with Crippen LogP contribution >= 0.6 is 0 Å². The zero-order chi connectivity index (χ0) is 14.8. The van der Waals surface area contributed by atoms with Crippen LogP contribution in [0.4, 0.5) is 0 Å². The zero-order valence-corrected chi connectivity index (χ0v) is 13.5. The first-order chi connectivity index (χ1) is 9.48. The lowest BCUT2D eigenvalue weighted by Crippen LogP contribution is -2.46. The Morgan fingerprint density at radius 3 is 2.90 bits per heavy atom. The van der Waals surface area contributed by atoms with Crippen LogP contribution in [-0.4, -0.2) is 61.1 Å². The summed E-state index contributed by atoms with van der Waals surface area (Å²) < 4.78 is 6.06. The van der Waals surface area contributed by atoms with Gasteiger partial charge in [-0.05, 0) is 19.4 Å². The van der Waals surface area contributed by atoms with Gasteiger partial charge in [0.05, 0.1) is 12.2 Å². The molecule has 116 valence electrons. The van der Waals surface area contributed by atoms with Crippen LogP contribution in [0, 0.1) is 11.8 Å².